The summed E-state index contributed by atoms with van der Waals surface area (Å²) in [6.45, 7) is 7.81. The van der Waals surface area contributed by atoms with Crippen molar-refractivity contribution in [2.24, 2.45) is 5.92 Å². The van der Waals surface area contributed by atoms with Crippen molar-refractivity contribution in [1.82, 2.24) is 18.8 Å². The molecule has 51 heavy (non-hydrogen) atoms. The highest BCUT2D eigenvalue weighted by Crippen LogP contribution is 2.50. The summed E-state index contributed by atoms with van der Waals surface area (Å²) in [5, 5.41) is 6.31. The van der Waals surface area contributed by atoms with E-state index in [2.05, 4.69) is 10.6 Å². The zero-order valence-corrected chi connectivity index (χ0v) is 31.6. The van der Waals surface area contributed by atoms with Crippen LogP contribution < -0.4 is 30.3 Å². The predicted octanol–water partition coefficient (Wildman–Crippen LogP) is 3.95. The number of anilines is 1. The van der Waals surface area contributed by atoms with Gasteiger partial charge in [0.15, 0.2) is 11.5 Å². The van der Waals surface area contributed by atoms with E-state index in [9.17, 15) is 22.8 Å². The van der Waals surface area contributed by atoms with Crippen LogP contribution in [0.25, 0.3) is 11.1 Å². The Morgan fingerprint density at radius 3 is 2.22 bits per heavy atom. The van der Waals surface area contributed by atoms with Gasteiger partial charge >= 0.3 is 0 Å². The van der Waals surface area contributed by atoms with Gasteiger partial charge in [-0.2, -0.15) is 17.0 Å². The van der Waals surface area contributed by atoms with E-state index in [0.29, 0.717) is 80.2 Å². The third-order valence-electron chi connectivity index (χ3n) is 9.99. The molecule has 0 spiro atoms. The number of ether oxygens (including phenoxy) is 3. The standard InChI is InChI=1S/C37H53N5O8S/c1-24(2)21-31(37(45)40-15-10-18-42(20-19-40)51(46,47)41-16-8-7-9-17-41)39-30-14-12-27-28(23-32(30)44)29(38-25(3)43)13-11-26-22-33(48-4)35(49-5)36(50-6)34(26)27/h12,14,22-24,29,31H,7-11,13,15-21H2,1-6H3,(H,38,43)(H,39,44)/t29-,31-/m0/s1. The van der Waals surface area contributed by atoms with Crippen LogP contribution in [0.2, 0.25) is 0 Å². The lowest BCUT2D eigenvalue weighted by Gasteiger charge is -2.31. The molecule has 0 bridgehead atoms. The first kappa shape index (κ1) is 38.4. The van der Waals surface area contributed by atoms with Crippen molar-refractivity contribution in [1.29, 1.82) is 0 Å². The number of benzene rings is 1. The van der Waals surface area contributed by atoms with E-state index >= 15 is 0 Å². The van der Waals surface area contributed by atoms with Crippen LogP contribution in [-0.4, -0.2) is 100 Å². The van der Waals surface area contributed by atoms with Gasteiger partial charge in [-0.15, -0.1) is 0 Å². The van der Waals surface area contributed by atoms with Gasteiger partial charge in [0.25, 0.3) is 10.2 Å². The largest absolute Gasteiger partial charge is 0.493 e. The lowest BCUT2D eigenvalue weighted by atomic mass is 9.95. The number of hydrogen-bond acceptors (Lipinski definition) is 9. The average Bonchev–Trinajstić information content (AvgIpc) is 3.51. The number of amides is 2. The molecule has 0 saturated carbocycles. The van der Waals surface area contributed by atoms with E-state index < -0.39 is 22.3 Å². The number of aryl methyl sites for hydroxylation is 1. The smallest absolute Gasteiger partial charge is 0.282 e. The maximum atomic E-state index is 14.2. The molecule has 1 aliphatic carbocycles. The van der Waals surface area contributed by atoms with Crippen LogP contribution in [0, 0.1) is 5.92 Å². The third-order valence-corrected chi connectivity index (χ3v) is 12.0. The van der Waals surface area contributed by atoms with Crippen LogP contribution in [0.4, 0.5) is 5.69 Å². The van der Waals surface area contributed by atoms with Gasteiger partial charge in [0.05, 0.1) is 33.1 Å². The molecular weight excluding hydrogens is 675 g/mol. The van der Waals surface area contributed by atoms with Crippen molar-refractivity contribution in [2.75, 3.05) is 65.9 Å². The first-order valence-corrected chi connectivity index (χ1v) is 19.4. The molecule has 13 nitrogen and oxygen atoms in total. The minimum atomic E-state index is -3.59. The van der Waals surface area contributed by atoms with E-state index in [0.717, 1.165) is 30.4 Å². The van der Waals surface area contributed by atoms with Gasteiger partial charge in [0.2, 0.25) is 23.0 Å². The fourth-order valence-electron chi connectivity index (χ4n) is 7.53. The molecule has 0 radical (unpaired) electrons. The van der Waals surface area contributed by atoms with Gasteiger partial charge in [-0.1, -0.05) is 26.3 Å². The van der Waals surface area contributed by atoms with Crippen molar-refractivity contribution in [3.63, 3.8) is 0 Å². The van der Waals surface area contributed by atoms with Gasteiger partial charge in [-0.25, -0.2) is 0 Å². The molecule has 2 atom stereocenters. The monoisotopic (exact) mass is 727 g/mol. The van der Waals surface area contributed by atoms with Crippen molar-refractivity contribution >= 4 is 27.7 Å². The van der Waals surface area contributed by atoms with E-state index in [4.69, 9.17) is 14.2 Å². The second kappa shape index (κ2) is 16.6. The molecule has 2 aliphatic heterocycles. The third kappa shape index (κ3) is 8.44. The molecule has 2 aromatic rings. The number of piperidine rings is 1. The summed E-state index contributed by atoms with van der Waals surface area (Å²) in [5.41, 5.74) is 2.89. The number of carbonyl (C=O) groups excluding carboxylic acids is 2. The zero-order chi connectivity index (χ0) is 36.9. The Labute approximate surface area is 301 Å². The Hall–Kier alpha value is -3.88. The Morgan fingerprint density at radius 1 is 0.882 bits per heavy atom. The molecule has 2 aromatic carbocycles. The highest BCUT2D eigenvalue weighted by atomic mass is 32.2. The van der Waals surface area contributed by atoms with E-state index in [-0.39, 0.29) is 41.9 Å². The van der Waals surface area contributed by atoms with Gasteiger partial charge < -0.3 is 29.7 Å². The summed E-state index contributed by atoms with van der Waals surface area (Å²) >= 11 is 0. The Morgan fingerprint density at radius 2 is 1.57 bits per heavy atom. The average molecular weight is 728 g/mol. The van der Waals surface area contributed by atoms with Crippen LogP contribution >= 0.6 is 0 Å². The topological polar surface area (TPSA) is 147 Å². The molecule has 14 heteroatoms. The number of nitrogens with one attached hydrogen (secondary N) is 2. The van der Waals surface area contributed by atoms with Crippen LogP contribution in [0.1, 0.15) is 76.5 Å². The van der Waals surface area contributed by atoms with Gasteiger partial charge in [0, 0.05) is 51.8 Å². The summed E-state index contributed by atoms with van der Waals surface area (Å²) in [6, 6.07) is 5.77. The lowest BCUT2D eigenvalue weighted by molar-refractivity contribution is -0.132. The summed E-state index contributed by atoms with van der Waals surface area (Å²) < 4.78 is 47.1. The summed E-state index contributed by atoms with van der Waals surface area (Å²) in [5.74, 6) is 1.11. The summed E-state index contributed by atoms with van der Waals surface area (Å²) in [6.07, 6.45) is 4.84. The van der Waals surface area contributed by atoms with Crippen molar-refractivity contribution in [2.45, 2.75) is 77.8 Å². The first-order chi connectivity index (χ1) is 24.4. The van der Waals surface area contributed by atoms with Crippen LogP contribution in [0.3, 0.4) is 0 Å². The molecule has 2 heterocycles. The highest BCUT2D eigenvalue weighted by Gasteiger charge is 2.35. The molecule has 2 amide bonds. The minimum Gasteiger partial charge on any atom is -0.493 e. The van der Waals surface area contributed by atoms with Gasteiger partial charge in [0.1, 0.15) is 6.04 Å². The molecule has 2 fully saturated rings. The van der Waals surface area contributed by atoms with E-state index in [1.54, 1.807) is 29.5 Å². The second-order valence-corrected chi connectivity index (χ2v) is 15.9. The quantitative estimate of drug-likeness (QED) is 0.351. The lowest BCUT2D eigenvalue weighted by Crippen LogP contribution is -2.48. The molecule has 2 saturated heterocycles. The minimum absolute atomic E-state index is 0.126. The fourth-order valence-corrected chi connectivity index (χ4v) is 9.25. The Bertz CT molecular complexity index is 1760. The van der Waals surface area contributed by atoms with Crippen molar-refractivity contribution in [3.8, 4) is 28.4 Å². The number of nitrogens with zero attached hydrogens (tertiary/aromatic N) is 3. The molecule has 2 N–H and O–H groups in total. The number of methoxy groups -OCH3 is 3. The maximum absolute atomic E-state index is 14.2. The SMILES string of the molecule is COc1cc2c(c(OC)c1OC)-c1ccc(N[C@@H](CC(C)C)C(=O)N3CCCN(S(=O)(=O)N4CCCCC4)CC3)c(=O)cc1[C@@H](NC(C)=O)CC2. The van der Waals surface area contributed by atoms with E-state index in [1.807, 2.05) is 26.0 Å². The van der Waals surface area contributed by atoms with Gasteiger partial charge in [-0.3, -0.25) is 14.4 Å². The number of fused-ring (bicyclic) bond motifs is 3. The number of hydrogen-bond donors (Lipinski definition) is 2. The van der Waals surface area contributed by atoms with Crippen LogP contribution in [-0.2, 0) is 26.2 Å². The summed E-state index contributed by atoms with van der Waals surface area (Å²) in [7, 11) is 1.05. The molecule has 280 valence electrons. The first-order valence-electron chi connectivity index (χ1n) is 18.0. The fraction of sp³-hybridized carbons (Fsp3) is 0.595. The molecular formula is C37H53N5O8S. The molecule has 5 rings (SSSR count). The number of rotatable bonds is 11. The Balaban J connectivity index is 1.49. The maximum Gasteiger partial charge on any atom is 0.282 e. The molecule has 3 aliphatic rings. The zero-order valence-electron chi connectivity index (χ0n) is 30.7. The van der Waals surface area contributed by atoms with E-state index in [1.165, 1.54) is 24.4 Å². The predicted molar refractivity (Wildman–Crippen MR) is 197 cm³/mol. The van der Waals surface area contributed by atoms with Crippen molar-refractivity contribution < 1.29 is 32.2 Å². The number of carbonyl (C=O) groups is 2. The van der Waals surface area contributed by atoms with Crippen LogP contribution in [0.5, 0.6) is 17.2 Å². The summed E-state index contributed by atoms with van der Waals surface area (Å²) in [4.78, 5) is 42.3. The van der Waals surface area contributed by atoms with Gasteiger partial charge in [-0.05, 0) is 79.3 Å². The molecule has 0 aromatic heterocycles. The second-order valence-electron chi connectivity index (χ2n) is 14.0. The molecule has 0 unspecified atom stereocenters. The Kier molecular flexibility index (Phi) is 12.5. The van der Waals surface area contributed by atoms with Crippen LogP contribution in [0.15, 0.2) is 29.1 Å². The highest BCUT2D eigenvalue weighted by molar-refractivity contribution is 7.86. The van der Waals surface area contributed by atoms with Crippen molar-refractivity contribution in [3.05, 3.63) is 45.6 Å². The normalized spacial score (nSPS) is 19.2.